The van der Waals surface area contributed by atoms with E-state index < -0.39 is 61.6 Å². The summed E-state index contributed by atoms with van der Waals surface area (Å²) in [5, 5.41) is 8.12. The fourth-order valence-electron chi connectivity index (χ4n) is 2.27. The Kier molecular flexibility index (Phi) is 6.17. The van der Waals surface area contributed by atoms with Crippen LogP contribution in [-0.2, 0) is 16.5 Å². The first-order chi connectivity index (χ1) is 11.6. The molecule has 1 aromatic carbocycles. The molecule has 148 valence electrons. The first-order valence-corrected chi connectivity index (χ1v) is 8.42. The highest BCUT2D eigenvalue weighted by atomic mass is 32.2. The van der Waals surface area contributed by atoms with E-state index in [2.05, 4.69) is 0 Å². The lowest BCUT2D eigenvalue weighted by molar-refractivity contribution is -0.349. The van der Waals surface area contributed by atoms with Crippen molar-refractivity contribution in [3.05, 3.63) is 28.8 Å². The second-order valence-electron chi connectivity index (χ2n) is 5.59. The lowest BCUT2D eigenvalue weighted by Crippen LogP contribution is -2.51. The molecule has 0 aromatic heterocycles. The Morgan fingerprint density at radius 1 is 1.12 bits per heavy atom. The van der Waals surface area contributed by atoms with Crippen molar-refractivity contribution in [1.29, 1.82) is 0 Å². The third-order valence-corrected chi connectivity index (χ3v) is 5.92. The summed E-state index contributed by atoms with van der Waals surface area (Å²) in [5.41, 5.74) is -8.96. The number of halogens is 7. The Morgan fingerprint density at radius 3 is 1.92 bits per heavy atom. The number of aromatic carboxylic acids is 1. The maximum Gasteiger partial charge on any atom is 0.435 e. The predicted octanol–water partition coefficient (Wildman–Crippen LogP) is 4.89. The summed E-state index contributed by atoms with van der Waals surface area (Å²) in [5.74, 6) is -1.65. The van der Waals surface area contributed by atoms with E-state index >= 15 is 0 Å². The van der Waals surface area contributed by atoms with E-state index in [0.29, 0.717) is 6.07 Å². The molecule has 0 fully saturated rings. The zero-order valence-electron chi connectivity index (χ0n) is 13.8. The molecule has 0 aliphatic rings. The molecule has 0 heterocycles. The van der Waals surface area contributed by atoms with E-state index in [9.17, 15) is 39.7 Å². The van der Waals surface area contributed by atoms with Crippen LogP contribution in [-0.4, -0.2) is 32.9 Å². The topological polar surface area (TPSA) is 54.4 Å². The van der Waals surface area contributed by atoms with Crippen molar-refractivity contribution in [2.24, 2.45) is 0 Å². The second kappa shape index (κ2) is 7.16. The molecule has 11 heteroatoms. The average molecular weight is 408 g/mol. The van der Waals surface area contributed by atoms with Gasteiger partial charge in [0, 0.05) is 15.7 Å². The minimum absolute atomic E-state index is 0.0903. The van der Waals surface area contributed by atoms with Crippen LogP contribution >= 0.6 is 0 Å². The van der Waals surface area contributed by atoms with Gasteiger partial charge < -0.3 is 5.11 Å². The van der Waals surface area contributed by atoms with Crippen molar-refractivity contribution < 1.29 is 44.8 Å². The number of carboxylic acid groups (broad SMARTS) is 1. The van der Waals surface area contributed by atoms with Crippen molar-refractivity contribution in [3.63, 3.8) is 0 Å². The molecule has 0 unspecified atom stereocenters. The summed E-state index contributed by atoms with van der Waals surface area (Å²) in [4.78, 5) is 10.1. The lowest BCUT2D eigenvalue weighted by atomic mass is 9.91. The predicted molar refractivity (Wildman–Crippen MR) is 79.2 cm³/mol. The summed E-state index contributed by atoms with van der Waals surface area (Å²) in [6.07, 6.45) is -12.7. The highest BCUT2D eigenvalue weighted by molar-refractivity contribution is 7.85. The summed E-state index contributed by atoms with van der Waals surface area (Å²) in [7, 11) is -2.50. The standard InChI is InChI=1S/C15H15F7O3S/c1-4-7(2)26(25)11-8(3)9(12(23)24)5-6-10(11)13(16,14(17,18)19)15(20,21)22/h5-7H,4H2,1-3H3,(H,23,24)/t7-,26-/m0/s1. The number of carbonyl (C=O) groups is 1. The zero-order chi connectivity index (χ0) is 20.7. The van der Waals surface area contributed by atoms with Crippen LogP contribution in [0.2, 0.25) is 0 Å². The Balaban J connectivity index is 4.00. The number of rotatable bonds is 5. The summed E-state index contributed by atoms with van der Waals surface area (Å²) >= 11 is 0. The van der Waals surface area contributed by atoms with Crippen LogP contribution in [0.25, 0.3) is 0 Å². The van der Waals surface area contributed by atoms with Crippen molar-refractivity contribution in [2.75, 3.05) is 0 Å². The van der Waals surface area contributed by atoms with Gasteiger partial charge in [0.05, 0.1) is 16.4 Å². The Morgan fingerprint density at radius 2 is 1.58 bits per heavy atom. The SMILES string of the molecule is CC[C@H](C)[S@](=O)c1c(C(F)(C(F)(F)F)C(F)(F)F)ccc(C(=O)O)c1C. The monoisotopic (exact) mass is 408 g/mol. The molecule has 26 heavy (non-hydrogen) atoms. The van der Waals surface area contributed by atoms with Crippen LogP contribution in [0.5, 0.6) is 0 Å². The Hall–Kier alpha value is -1.65. The molecule has 0 radical (unpaired) electrons. The maximum atomic E-state index is 14.5. The summed E-state index contributed by atoms with van der Waals surface area (Å²) < 4.78 is 106. The fraction of sp³-hybridized carbons (Fsp3) is 0.533. The highest BCUT2D eigenvalue weighted by Gasteiger charge is 2.74. The smallest absolute Gasteiger partial charge is 0.435 e. The number of hydrogen-bond donors (Lipinski definition) is 1. The summed E-state index contributed by atoms with van der Waals surface area (Å²) in [6.45, 7) is 3.67. The van der Waals surface area contributed by atoms with Crippen molar-refractivity contribution in [1.82, 2.24) is 0 Å². The Bertz CT molecular complexity index is 711. The van der Waals surface area contributed by atoms with Crippen LogP contribution < -0.4 is 0 Å². The number of carboxylic acids is 1. The van der Waals surface area contributed by atoms with Gasteiger partial charge in [-0.15, -0.1) is 0 Å². The molecule has 1 aromatic rings. The van der Waals surface area contributed by atoms with Crippen LogP contribution in [0.15, 0.2) is 17.0 Å². The van der Waals surface area contributed by atoms with Crippen molar-refractivity contribution >= 4 is 16.8 Å². The van der Waals surface area contributed by atoms with Gasteiger partial charge >= 0.3 is 24.0 Å². The fourth-order valence-corrected chi connectivity index (χ4v) is 3.81. The molecule has 1 N–H and O–H groups in total. The van der Waals surface area contributed by atoms with Crippen LogP contribution in [0.3, 0.4) is 0 Å². The van der Waals surface area contributed by atoms with Crippen LogP contribution in [0, 0.1) is 6.92 Å². The van der Waals surface area contributed by atoms with Gasteiger partial charge in [-0.2, -0.15) is 26.3 Å². The molecule has 0 aliphatic heterocycles. The quantitative estimate of drug-likeness (QED) is 0.706. The molecule has 0 amide bonds. The highest BCUT2D eigenvalue weighted by Crippen LogP contribution is 2.55. The van der Waals surface area contributed by atoms with E-state index in [4.69, 9.17) is 5.11 Å². The lowest BCUT2D eigenvalue weighted by Gasteiger charge is -2.32. The number of hydrogen-bond acceptors (Lipinski definition) is 2. The van der Waals surface area contributed by atoms with Crippen LogP contribution in [0.4, 0.5) is 30.7 Å². The van der Waals surface area contributed by atoms with Gasteiger partial charge in [-0.25, -0.2) is 9.18 Å². The molecular weight excluding hydrogens is 393 g/mol. The first kappa shape index (κ1) is 22.4. The summed E-state index contributed by atoms with van der Waals surface area (Å²) in [6, 6.07) is 0.531. The van der Waals surface area contributed by atoms with Gasteiger partial charge in [0.25, 0.3) is 0 Å². The molecule has 0 aliphatic carbocycles. The molecule has 0 saturated heterocycles. The van der Waals surface area contributed by atoms with E-state index in [-0.39, 0.29) is 12.5 Å². The minimum Gasteiger partial charge on any atom is -0.478 e. The van der Waals surface area contributed by atoms with Gasteiger partial charge in [0.2, 0.25) is 0 Å². The van der Waals surface area contributed by atoms with E-state index in [1.807, 2.05) is 0 Å². The maximum absolute atomic E-state index is 14.5. The second-order valence-corrected chi connectivity index (χ2v) is 7.40. The average Bonchev–Trinajstić information content (AvgIpc) is 2.49. The van der Waals surface area contributed by atoms with E-state index in [1.54, 1.807) is 0 Å². The van der Waals surface area contributed by atoms with E-state index in [1.165, 1.54) is 13.8 Å². The van der Waals surface area contributed by atoms with Crippen LogP contribution in [0.1, 0.15) is 41.8 Å². The van der Waals surface area contributed by atoms with Crippen molar-refractivity contribution in [2.45, 2.75) is 55.4 Å². The third-order valence-electron chi connectivity index (χ3n) is 3.93. The normalized spacial score (nSPS) is 15.6. The van der Waals surface area contributed by atoms with Crippen molar-refractivity contribution in [3.8, 4) is 0 Å². The molecule has 1 rings (SSSR count). The largest absolute Gasteiger partial charge is 0.478 e. The van der Waals surface area contributed by atoms with Gasteiger partial charge in [-0.1, -0.05) is 19.9 Å². The molecule has 3 nitrogen and oxygen atoms in total. The molecule has 2 atom stereocenters. The molecular formula is C15H15F7O3S. The van der Waals surface area contributed by atoms with Gasteiger partial charge in [0.15, 0.2) is 0 Å². The Labute approximate surface area is 146 Å². The van der Waals surface area contributed by atoms with Gasteiger partial charge in [-0.05, 0) is 25.0 Å². The zero-order valence-corrected chi connectivity index (χ0v) is 14.6. The molecule has 0 bridgehead atoms. The van der Waals surface area contributed by atoms with E-state index in [0.717, 1.165) is 6.92 Å². The van der Waals surface area contributed by atoms with Gasteiger partial charge in [-0.3, -0.25) is 4.21 Å². The minimum atomic E-state index is -6.39. The molecule has 0 saturated carbocycles. The number of benzene rings is 1. The third kappa shape index (κ3) is 3.58. The number of alkyl halides is 7. The van der Waals surface area contributed by atoms with Gasteiger partial charge in [0.1, 0.15) is 0 Å². The first-order valence-electron chi connectivity index (χ1n) is 7.21. The molecule has 0 spiro atoms.